The quantitative estimate of drug-likeness (QED) is 0.0152. The van der Waals surface area contributed by atoms with Gasteiger partial charge in [-0.1, -0.05) is 6.07 Å². The standard InChI is InChI=1S/C64H106N8O24/c1-63(2,3)95-59(80)20-16-49(69-62(83)96-64(4,5)6)44-48-15-17-52(73)51(45-48)71-56(77)47-94-61(82)68-24-23-66-53(74)13-10-22-67-60(81)50(70-54(75)14-11-25-72-57(78)18-19-58(72)79)12-8-9-21-65-55(76)46-93-43-42-92-41-40-91-39-38-90-37-36-89-35-34-88-33-32-87-31-30-86-29-28-85-27-26-84-7/h15,17-19,45,49-50,73H,8-14,16,20-44,46-47H2,1-7H3,(H,65,76)(H,66,74)(H,67,81)(H,68,82)(H,69,83)(H,70,75)(H,71,77)/t49-,50+/m1/s1. The fourth-order valence-electron chi connectivity index (χ4n) is 8.29. The summed E-state index contributed by atoms with van der Waals surface area (Å²) in [6, 6.07) is 2.82. The fourth-order valence-corrected chi connectivity index (χ4v) is 8.29. The summed E-state index contributed by atoms with van der Waals surface area (Å²) in [6.45, 7) is 17.4. The minimum absolute atomic E-state index is 0.000764. The van der Waals surface area contributed by atoms with Gasteiger partial charge >= 0.3 is 18.2 Å². The molecule has 32 heteroatoms. The molecule has 0 fully saturated rings. The maximum Gasteiger partial charge on any atom is 0.407 e. The number of hydrogen-bond acceptors (Lipinski definition) is 24. The van der Waals surface area contributed by atoms with Crippen molar-refractivity contribution in [3.8, 4) is 5.75 Å². The highest BCUT2D eigenvalue weighted by Gasteiger charge is 2.26. The molecule has 0 spiro atoms. The summed E-state index contributed by atoms with van der Waals surface area (Å²) in [5.74, 6) is -4.19. The third-order valence-corrected chi connectivity index (χ3v) is 12.8. The van der Waals surface area contributed by atoms with Crippen LogP contribution >= 0.6 is 0 Å². The molecule has 0 saturated carbocycles. The number of aromatic hydroxyl groups is 1. The third kappa shape index (κ3) is 46.9. The van der Waals surface area contributed by atoms with Crippen molar-refractivity contribution in [3.63, 3.8) is 0 Å². The van der Waals surface area contributed by atoms with Gasteiger partial charge in [0.2, 0.25) is 23.6 Å². The maximum absolute atomic E-state index is 13.3. The number of carbonyl (C=O) groups is 10. The van der Waals surface area contributed by atoms with Gasteiger partial charge in [0, 0.05) is 77.3 Å². The average Bonchev–Trinajstić information content (AvgIpc) is 1.51. The van der Waals surface area contributed by atoms with Gasteiger partial charge < -0.3 is 104 Å². The Morgan fingerprint density at radius 2 is 0.990 bits per heavy atom. The summed E-state index contributed by atoms with van der Waals surface area (Å²) in [4.78, 5) is 126. The third-order valence-electron chi connectivity index (χ3n) is 12.8. The Labute approximate surface area is 562 Å². The van der Waals surface area contributed by atoms with E-state index >= 15 is 0 Å². The van der Waals surface area contributed by atoms with Crippen LogP contribution in [0.4, 0.5) is 15.3 Å². The first-order valence-electron chi connectivity index (χ1n) is 32.5. The number of amides is 9. The van der Waals surface area contributed by atoms with E-state index in [4.69, 9.17) is 61.6 Å². The number of esters is 1. The normalized spacial score (nSPS) is 12.8. The number of nitrogens with one attached hydrogen (secondary N) is 7. The molecule has 0 aromatic heterocycles. The van der Waals surface area contributed by atoms with Gasteiger partial charge in [-0.2, -0.15) is 0 Å². The summed E-state index contributed by atoms with van der Waals surface area (Å²) in [5, 5.41) is 29.0. The summed E-state index contributed by atoms with van der Waals surface area (Å²) in [7, 11) is 1.62. The van der Waals surface area contributed by atoms with Crippen LogP contribution in [-0.4, -0.2) is 265 Å². The lowest BCUT2D eigenvalue weighted by Crippen LogP contribution is -2.47. The SMILES string of the molecule is COCCOCCOCCOCCOCCOCCOCCOCCOCCOCC(=O)NCCCC[C@H](NC(=O)CCCN1C(=O)C=CC1=O)C(=O)NCCCC(=O)NCCNC(=O)OCC(=O)Nc1cc(C[C@@H](CCC(=O)OC(C)(C)C)NC(=O)OC(C)(C)C)ccc1O. The average molecular weight is 1370 g/mol. The summed E-state index contributed by atoms with van der Waals surface area (Å²) >= 11 is 0. The van der Waals surface area contributed by atoms with Crippen molar-refractivity contribution < 1.29 is 115 Å². The van der Waals surface area contributed by atoms with Crippen molar-refractivity contribution >= 4 is 65.2 Å². The van der Waals surface area contributed by atoms with Crippen molar-refractivity contribution in [2.24, 2.45) is 0 Å². The molecular formula is C64H106N8O24. The molecule has 0 aliphatic carbocycles. The van der Waals surface area contributed by atoms with E-state index in [0.29, 0.717) is 124 Å². The van der Waals surface area contributed by atoms with Gasteiger partial charge in [-0.05, 0) is 104 Å². The maximum atomic E-state index is 13.3. The number of carbonyl (C=O) groups excluding carboxylic acids is 10. The number of alkyl carbamates (subject to hydrolysis) is 2. The molecule has 96 heavy (non-hydrogen) atoms. The second-order valence-electron chi connectivity index (χ2n) is 23.5. The molecule has 2 rings (SSSR count). The van der Waals surface area contributed by atoms with Gasteiger partial charge in [0.05, 0.1) is 125 Å². The van der Waals surface area contributed by atoms with Crippen LogP contribution in [0.15, 0.2) is 30.4 Å². The zero-order valence-electron chi connectivity index (χ0n) is 57.1. The highest BCUT2D eigenvalue weighted by molar-refractivity contribution is 6.12. The topological polar surface area (TPSA) is 398 Å². The number of methoxy groups -OCH3 is 1. The van der Waals surface area contributed by atoms with Gasteiger partial charge in [-0.25, -0.2) is 9.59 Å². The second kappa shape index (κ2) is 52.0. The Morgan fingerprint density at radius 1 is 0.490 bits per heavy atom. The molecule has 0 saturated heterocycles. The predicted octanol–water partition coefficient (Wildman–Crippen LogP) is 1.90. The van der Waals surface area contributed by atoms with E-state index in [1.54, 1.807) is 54.7 Å². The Hall–Kier alpha value is -7.14. The van der Waals surface area contributed by atoms with Crippen molar-refractivity contribution in [1.82, 2.24) is 36.8 Å². The number of benzene rings is 1. The molecule has 0 unspecified atom stereocenters. The van der Waals surface area contributed by atoms with E-state index in [1.165, 1.54) is 12.1 Å². The molecule has 2 atom stereocenters. The molecule has 1 aromatic carbocycles. The molecule has 1 aliphatic heterocycles. The summed E-state index contributed by atoms with van der Waals surface area (Å²) in [6.07, 6.45) is 2.41. The fraction of sp³-hybridized carbons (Fsp3) is 0.719. The number of anilines is 1. The van der Waals surface area contributed by atoms with E-state index < -0.39 is 83.5 Å². The monoisotopic (exact) mass is 1370 g/mol. The molecular weight excluding hydrogens is 1260 g/mol. The van der Waals surface area contributed by atoms with Crippen LogP contribution < -0.4 is 37.2 Å². The van der Waals surface area contributed by atoms with Crippen molar-refractivity contribution in [1.29, 1.82) is 0 Å². The summed E-state index contributed by atoms with van der Waals surface area (Å²) < 4.78 is 69.7. The van der Waals surface area contributed by atoms with Gasteiger partial charge in [-0.15, -0.1) is 0 Å². The number of ether oxygens (including phenoxy) is 13. The van der Waals surface area contributed by atoms with E-state index in [1.807, 2.05) is 0 Å². The first kappa shape index (κ1) is 84.9. The first-order chi connectivity index (χ1) is 45.9. The Morgan fingerprint density at radius 3 is 1.53 bits per heavy atom. The van der Waals surface area contributed by atoms with Crippen LogP contribution in [0.1, 0.15) is 105 Å². The summed E-state index contributed by atoms with van der Waals surface area (Å²) in [5.41, 5.74) is -0.910. The van der Waals surface area contributed by atoms with Crippen LogP contribution in [0, 0.1) is 0 Å². The minimum atomic E-state index is -0.972. The number of phenols is 1. The van der Waals surface area contributed by atoms with Gasteiger partial charge in [0.15, 0.2) is 6.61 Å². The second-order valence-corrected chi connectivity index (χ2v) is 23.5. The number of phenolic OH excluding ortho intramolecular Hbond substituents is 1. The lowest BCUT2D eigenvalue weighted by atomic mass is 10.0. The van der Waals surface area contributed by atoms with Gasteiger partial charge in [0.25, 0.3) is 17.7 Å². The largest absolute Gasteiger partial charge is 0.506 e. The van der Waals surface area contributed by atoms with Crippen LogP contribution in [0.3, 0.4) is 0 Å². The van der Waals surface area contributed by atoms with E-state index in [-0.39, 0.29) is 121 Å². The highest BCUT2D eigenvalue weighted by Crippen LogP contribution is 2.26. The first-order valence-corrected chi connectivity index (χ1v) is 32.5. The Balaban J connectivity index is 1.62. The molecule has 1 heterocycles. The van der Waals surface area contributed by atoms with E-state index in [0.717, 1.165) is 17.1 Å². The predicted molar refractivity (Wildman–Crippen MR) is 346 cm³/mol. The Bertz CT molecular complexity index is 2460. The smallest absolute Gasteiger partial charge is 0.407 e. The number of nitrogens with zero attached hydrogens (tertiary/aromatic N) is 1. The van der Waals surface area contributed by atoms with Gasteiger partial charge in [0.1, 0.15) is 29.6 Å². The highest BCUT2D eigenvalue weighted by atomic mass is 16.6. The van der Waals surface area contributed by atoms with Crippen molar-refractivity contribution in [2.75, 3.05) is 177 Å². The number of hydrogen-bond donors (Lipinski definition) is 8. The molecule has 32 nitrogen and oxygen atoms in total. The van der Waals surface area contributed by atoms with Gasteiger partial charge in [-0.3, -0.25) is 43.3 Å². The Kier molecular flexibility index (Phi) is 46.1. The molecule has 8 N–H and O–H groups in total. The van der Waals surface area contributed by atoms with Crippen LogP contribution in [0.2, 0.25) is 0 Å². The number of rotatable bonds is 56. The number of imide groups is 1. The molecule has 0 radical (unpaired) electrons. The molecule has 0 bridgehead atoms. The molecule has 1 aromatic rings. The van der Waals surface area contributed by atoms with Crippen LogP contribution in [-0.2, 0) is 106 Å². The molecule has 1 aliphatic rings. The molecule has 546 valence electrons. The minimum Gasteiger partial charge on any atom is -0.506 e. The number of unbranched alkanes of at least 4 members (excludes halogenated alkanes) is 1. The molecule has 9 amide bonds. The van der Waals surface area contributed by atoms with E-state index in [9.17, 15) is 53.1 Å². The zero-order valence-corrected chi connectivity index (χ0v) is 57.1. The zero-order chi connectivity index (χ0) is 70.7. The van der Waals surface area contributed by atoms with E-state index in [2.05, 4.69) is 37.2 Å². The van der Waals surface area contributed by atoms with Crippen LogP contribution in [0.25, 0.3) is 0 Å². The lowest BCUT2D eigenvalue weighted by Gasteiger charge is -2.24. The lowest BCUT2D eigenvalue weighted by molar-refractivity contribution is -0.155. The van der Waals surface area contributed by atoms with Crippen LogP contribution in [0.5, 0.6) is 5.75 Å². The van der Waals surface area contributed by atoms with Crippen molar-refractivity contribution in [2.45, 2.75) is 129 Å². The van der Waals surface area contributed by atoms with Crippen molar-refractivity contribution in [3.05, 3.63) is 35.9 Å².